The van der Waals surface area contributed by atoms with Gasteiger partial charge in [0.2, 0.25) is 5.91 Å². The van der Waals surface area contributed by atoms with Crippen LogP contribution in [0.25, 0.3) is 0 Å². The van der Waals surface area contributed by atoms with Crippen LogP contribution >= 0.6 is 24.8 Å². The van der Waals surface area contributed by atoms with Crippen molar-refractivity contribution >= 4 is 36.5 Å². The van der Waals surface area contributed by atoms with E-state index in [0.29, 0.717) is 24.5 Å². The first-order valence-electron chi connectivity index (χ1n) is 9.66. The number of carbonyl (C=O) groups excluding carboxylic acids is 1. The minimum Gasteiger partial charge on any atom is -0.377 e. The Hall–Kier alpha value is -1.15. The average molecular weight is 434 g/mol. The number of hydrogen-bond acceptors (Lipinski definition) is 6. The maximum absolute atomic E-state index is 11.7. The van der Waals surface area contributed by atoms with Gasteiger partial charge in [-0.1, -0.05) is 0 Å². The van der Waals surface area contributed by atoms with Crippen LogP contribution < -0.4 is 16.4 Å². The molecule has 0 aliphatic heterocycles. The predicted octanol–water partition coefficient (Wildman–Crippen LogP) is 2.64. The third-order valence-electron chi connectivity index (χ3n) is 5.69. The van der Waals surface area contributed by atoms with E-state index in [1.807, 2.05) is 0 Å². The Labute approximate surface area is 179 Å². The molecule has 28 heavy (non-hydrogen) atoms. The van der Waals surface area contributed by atoms with Crippen LogP contribution in [0.4, 0.5) is 5.82 Å². The van der Waals surface area contributed by atoms with E-state index < -0.39 is 0 Å². The summed E-state index contributed by atoms with van der Waals surface area (Å²) in [4.78, 5) is 21.0. The van der Waals surface area contributed by atoms with E-state index in [4.69, 9.17) is 10.5 Å². The number of nitrogens with one attached hydrogen (secondary N) is 2. The first-order chi connectivity index (χ1) is 12.6. The number of hydrogen-bond donors (Lipinski definition) is 3. The Balaban J connectivity index is 0.00000196. The largest absolute Gasteiger partial charge is 0.377 e. The van der Waals surface area contributed by atoms with Crippen molar-refractivity contribution in [3.05, 3.63) is 17.6 Å². The normalized spacial score (nSPS) is 26.2. The summed E-state index contributed by atoms with van der Waals surface area (Å²) >= 11 is 0. The molecule has 0 bridgehead atoms. The maximum Gasteiger partial charge on any atom is 0.222 e. The Morgan fingerprint density at radius 1 is 1.21 bits per heavy atom. The van der Waals surface area contributed by atoms with Gasteiger partial charge in [-0.3, -0.25) is 4.79 Å². The van der Waals surface area contributed by atoms with Gasteiger partial charge in [-0.05, 0) is 44.4 Å². The van der Waals surface area contributed by atoms with E-state index in [2.05, 4.69) is 26.7 Å². The monoisotopic (exact) mass is 433 g/mol. The number of rotatable bonds is 7. The lowest BCUT2D eigenvalue weighted by atomic mass is 9.78. The van der Waals surface area contributed by atoms with Gasteiger partial charge < -0.3 is 21.1 Å². The number of ether oxygens (including phenoxy) is 1. The van der Waals surface area contributed by atoms with Crippen molar-refractivity contribution in [2.45, 2.75) is 57.1 Å². The molecule has 9 heteroatoms. The zero-order chi connectivity index (χ0) is 18.5. The summed E-state index contributed by atoms with van der Waals surface area (Å²) in [6.07, 6.45) is 6.07. The van der Waals surface area contributed by atoms with Crippen molar-refractivity contribution in [3.8, 4) is 0 Å². The van der Waals surface area contributed by atoms with Crippen LogP contribution in [-0.2, 0) is 16.1 Å². The molecule has 3 rings (SSSR count). The lowest BCUT2D eigenvalue weighted by molar-refractivity contribution is -0.125. The third kappa shape index (κ3) is 6.44. The molecule has 1 aromatic heterocycles. The fourth-order valence-electron chi connectivity index (χ4n) is 4.00. The van der Waals surface area contributed by atoms with Crippen LogP contribution in [0.1, 0.15) is 56.0 Å². The lowest BCUT2D eigenvalue weighted by Gasteiger charge is -2.32. The quantitative estimate of drug-likeness (QED) is 0.610. The molecule has 1 heterocycles. The van der Waals surface area contributed by atoms with Crippen LogP contribution in [0.3, 0.4) is 0 Å². The number of amides is 1. The van der Waals surface area contributed by atoms with Gasteiger partial charge in [-0.2, -0.15) is 0 Å². The Morgan fingerprint density at radius 3 is 2.46 bits per heavy atom. The molecule has 4 N–H and O–H groups in total. The second-order valence-corrected chi connectivity index (χ2v) is 7.67. The fourth-order valence-corrected chi connectivity index (χ4v) is 4.00. The maximum atomic E-state index is 11.7. The number of halogens is 2. The SMILES string of the molecule is CNC(=O)C1CCC(CNc2cc(C3CC(N)C3)nc(COC)n2)CC1.Cl.Cl. The van der Waals surface area contributed by atoms with E-state index in [1.165, 1.54) is 0 Å². The van der Waals surface area contributed by atoms with Crippen LogP contribution in [-0.4, -0.2) is 42.6 Å². The van der Waals surface area contributed by atoms with Gasteiger partial charge in [-0.15, -0.1) is 24.8 Å². The van der Waals surface area contributed by atoms with Crippen molar-refractivity contribution < 1.29 is 9.53 Å². The van der Waals surface area contributed by atoms with E-state index in [0.717, 1.165) is 62.4 Å². The summed E-state index contributed by atoms with van der Waals surface area (Å²) < 4.78 is 5.21. The molecule has 7 nitrogen and oxygen atoms in total. The summed E-state index contributed by atoms with van der Waals surface area (Å²) in [5, 5.41) is 6.25. The van der Waals surface area contributed by atoms with Crippen LogP contribution in [0.5, 0.6) is 0 Å². The molecule has 160 valence electrons. The van der Waals surface area contributed by atoms with Gasteiger partial charge in [0.25, 0.3) is 0 Å². The van der Waals surface area contributed by atoms with Crippen molar-refractivity contribution in [2.24, 2.45) is 17.6 Å². The molecule has 1 amide bonds. The molecule has 2 saturated carbocycles. The zero-order valence-corrected chi connectivity index (χ0v) is 18.3. The zero-order valence-electron chi connectivity index (χ0n) is 16.6. The highest BCUT2D eigenvalue weighted by atomic mass is 35.5. The number of aromatic nitrogens is 2. The van der Waals surface area contributed by atoms with Crippen molar-refractivity contribution in [1.29, 1.82) is 0 Å². The van der Waals surface area contributed by atoms with E-state index in [1.54, 1.807) is 14.2 Å². The van der Waals surface area contributed by atoms with Crippen LogP contribution in [0.2, 0.25) is 0 Å². The van der Waals surface area contributed by atoms with Crippen LogP contribution in [0, 0.1) is 11.8 Å². The summed E-state index contributed by atoms with van der Waals surface area (Å²) in [7, 11) is 3.38. The number of nitrogens with zero attached hydrogens (tertiary/aromatic N) is 2. The number of carbonyl (C=O) groups is 1. The van der Waals surface area contributed by atoms with E-state index in [9.17, 15) is 4.79 Å². The van der Waals surface area contributed by atoms with Crippen molar-refractivity contribution in [1.82, 2.24) is 15.3 Å². The molecule has 0 saturated heterocycles. The molecule has 2 aliphatic carbocycles. The second-order valence-electron chi connectivity index (χ2n) is 7.67. The molecule has 2 aliphatic rings. The minimum absolute atomic E-state index is 0. The van der Waals surface area contributed by atoms with Crippen LogP contribution in [0.15, 0.2) is 6.07 Å². The van der Waals surface area contributed by atoms with Gasteiger partial charge >= 0.3 is 0 Å². The van der Waals surface area contributed by atoms with Gasteiger partial charge in [0, 0.05) is 50.3 Å². The predicted molar refractivity (Wildman–Crippen MR) is 115 cm³/mol. The van der Waals surface area contributed by atoms with Gasteiger partial charge in [0.05, 0.1) is 0 Å². The van der Waals surface area contributed by atoms with E-state index >= 15 is 0 Å². The Bertz CT molecular complexity index is 620. The highest BCUT2D eigenvalue weighted by Crippen LogP contribution is 2.35. The van der Waals surface area contributed by atoms with Gasteiger partial charge in [-0.25, -0.2) is 9.97 Å². The summed E-state index contributed by atoms with van der Waals surface area (Å²) in [6, 6.07) is 2.36. The molecule has 0 unspecified atom stereocenters. The van der Waals surface area contributed by atoms with Gasteiger partial charge in [0.1, 0.15) is 12.4 Å². The highest BCUT2D eigenvalue weighted by molar-refractivity contribution is 5.85. The first-order valence-corrected chi connectivity index (χ1v) is 9.66. The van der Waals surface area contributed by atoms with Crippen molar-refractivity contribution in [2.75, 3.05) is 26.0 Å². The fraction of sp³-hybridized carbons (Fsp3) is 0.737. The molecule has 0 radical (unpaired) electrons. The molecular weight excluding hydrogens is 401 g/mol. The number of nitrogens with two attached hydrogens (primary N) is 1. The molecule has 1 aromatic rings. The van der Waals surface area contributed by atoms with Crippen molar-refractivity contribution in [3.63, 3.8) is 0 Å². The number of anilines is 1. The topological polar surface area (TPSA) is 102 Å². The summed E-state index contributed by atoms with van der Waals surface area (Å²) in [6.45, 7) is 1.30. The molecule has 0 aromatic carbocycles. The van der Waals surface area contributed by atoms with E-state index in [-0.39, 0.29) is 36.6 Å². The first kappa shape index (κ1) is 24.9. The lowest BCUT2D eigenvalue weighted by Crippen LogP contribution is -2.35. The average Bonchev–Trinajstić information content (AvgIpc) is 2.63. The second kappa shape index (κ2) is 11.8. The highest BCUT2D eigenvalue weighted by Gasteiger charge is 2.29. The number of methoxy groups -OCH3 is 1. The summed E-state index contributed by atoms with van der Waals surface area (Å²) in [5.74, 6) is 2.97. The standard InChI is InChI=1S/C19H31N5O2.2ClH/c1-21-19(25)13-5-3-12(4-6-13)10-22-17-9-16(14-7-15(20)8-14)23-18(24-17)11-26-2;;/h9,12-15H,3-8,10-11,20H2,1-2H3,(H,21,25)(H,22,23,24);2*1H. The molecular formula is C19H33Cl2N5O2. The summed E-state index contributed by atoms with van der Waals surface area (Å²) in [5.41, 5.74) is 7.00. The molecule has 0 spiro atoms. The Kier molecular flexibility index (Phi) is 10.4. The third-order valence-corrected chi connectivity index (χ3v) is 5.69. The Morgan fingerprint density at radius 2 is 1.89 bits per heavy atom. The minimum atomic E-state index is 0. The molecule has 2 fully saturated rings. The smallest absolute Gasteiger partial charge is 0.222 e. The van der Waals surface area contributed by atoms with Gasteiger partial charge in [0.15, 0.2) is 5.82 Å². The molecule has 0 atom stereocenters.